The highest BCUT2D eigenvalue weighted by molar-refractivity contribution is 6.42. The summed E-state index contributed by atoms with van der Waals surface area (Å²) in [5.74, 6) is -0.786. The quantitative estimate of drug-likeness (QED) is 0.778. The minimum Gasteiger partial charge on any atom is -0.480 e. The van der Waals surface area contributed by atoms with Gasteiger partial charge in [-0.1, -0.05) is 66.5 Å². The fourth-order valence-corrected chi connectivity index (χ4v) is 3.99. The molecule has 1 aliphatic heterocycles. The summed E-state index contributed by atoms with van der Waals surface area (Å²) < 4.78 is 0. The lowest BCUT2D eigenvalue weighted by Gasteiger charge is -2.32. The Labute approximate surface area is 158 Å². The van der Waals surface area contributed by atoms with Crippen LogP contribution in [0.4, 0.5) is 0 Å². The normalized spacial score (nSPS) is 19.1. The van der Waals surface area contributed by atoms with Gasteiger partial charge in [-0.25, -0.2) is 0 Å². The average Bonchev–Trinajstić information content (AvgIpc) is 3.09. The molecule has 0 aliphatic carbocycles. The Bertz CT molecular complexity index is 761. The first-order valence-electron chi connectivity index (χ1n) is 8.54. The summed E-state index contributed by atoms with van der Waals surface area (Å²) in [6, 6.07) is 13.1. The standard InChI is InChI=1S/C20H21Cl2NO2/c1-2-13-8-10-14(11-9-13)19(15-5-3-6-16(21)18(15)22)23-12-4-7-17(23)20(24)25/h3,5-6,8-11,17,19H,2,4,7,12H2,1H3,(H,24,25). The Morgan fingerprint density at radius 3 is 2.60 bits per heavy atom. The van der Waals surface area contributed by atoms with Crippen molar-refractivity contribution in [1.29, 1.82) is 0 Å². The Morgan fingerprint density at radius 1 is 1.24 bits per heavy atom. The average molecular weight is 378 g/mol. The van der Waals surface area contributed by atoms with Gasteiger partial charge in [0.05, 0.1) is 16.1 Å². The molecule has 1 saturated heterocycles. The maximum atomic E-state index is 11.7. The summed E-state index contributed by atoms with van der Waals surface area (Å²) in [4.78, 5) is 13.8. The summed E-state index contributed by atoms with van der Waals surface area (Å²) >= 11 is 12.7. The highest BCUT2D eigenvalue weighted by Gasteiger charge is 2.37. The van der Waals surface area contributed by atoms with Crippen molar-refractivity contribution in [3.63, 3.8) is 0 Å². The molecule has 5 heteroatoms. The van der Waals surface area contributed by atoms with E-state index in [1.54, 1.807) is 6.07 Å². The number of aryl methyl sites for hydroxylation is 1. The van der Waals surface area contributed by atoms with E-state index in [0.717, 1.165) is 30.5 Å². The van der Waals surface area contributed by atoms with E-state index in [-0.39, 0.29) is 6.04 Å². The van der Waals surface area contributed by atoms with E-state index in [2.05, 4.69) is 31.2 Å². The first-order valence-corrected chi connectivity index (χ1v) is 9.29. The van der Waals surface area contributed by atoms with Gasteiger partial charge in [-0.15, -0.1) is 0 Å². The molecule has 0 bridgehead atoms. The minimum absolute atomic E-state index is 0.222. The fourth-order valence-electron chi connectivity index (χ4n) is 3.58. The summed E-state index contributed by atoms with van der Waals surface area (Å²) in [5, 5.41) is 10.6. The lowest BCUT2D eigenvalue weighted by Crippen LogP contribution is -2.39. The second-order valence-electron chi connectivity index (χ2n) is 6.37. The van der Waals surface area contributed by atoms with Gasteiger partial charge in [-0.05, 0) is 42.0 Å². The number of aliphatic carboxylic acids is 1. The molecule has 2 unspecified atom stereocenters. The molecule has 25 heavy (non-hydrogen) atoms. The fraction of sp³-hybridized carbons (Fsp3) is 0.350. The smallest absolute Gasteiger partial charge is 0.320 e. The predicted molar refractivity (Wildman–Crippen MR) is 101 cm³/mol. The van der Waals surface area contributed by atoms with Crippen molar-refractivity contribution >= 4 is 29.2 Å². The van der Waals surface area contributed by atoms with E-state index in [1.807, 2.05) is 17.0 Å². The molecule has 1 fully saturated rings. The van der Waals surface area contributed by atoms with E-state index in [0.29, 0.717) is 16.5 Å². The number of rotatable bonds is 5. The van der Waals surface area contributed by atoms with Crippen molar-refractivity contribution in [2.24, 2.45) is 0 Å². The molecule has 1 aliphatic rings. The van der Waals surface area contributed by atoms with E-state index < -0.39 is 12.0 Å². The van der Waals surface area contributed by atoms with Crippen LogP contribution in [0.5, 0.6) is 0 Å². The zero-order valence-electron chi connectivity index (χ0n) is 14.1. The van der Waals surface area contributed by atoms with Gasteiger partial charge in [0.2, 0.25) is 0 Å². The highest BCUT2D eigenvalue weighted by atomic mass is 35.5. The molecule has 1 heterocycles. The second kappa shape index (κ2) is 7.77. The van der Waals surface area contributed by atoms with Crippen LogP contribution in [0, 0.1) is 0 Å². The van der Waals surface area contributed by atoms with Crippen LogP contribution < -0.4 is 0 Å². The zero-order chi connectivity index (χ0) is 18.0. The SMILES string of the molecule is CCc1ccc(C(c2cccc(Cl)c2Cl)N2CCCC2C(=O)O)cc1. The molecule has 0 saturated carbocycles. The molecule has 3 nitrogen and oxygen atoms in total. The van der Waals surface area contributed by atoms with Gasteiger partial charge in [-0.2, -0.15) is 0 Å². The number of carboxylic acid groups (broad SMARTS) is 1. The van der Waals surface area contributed by atoms with E-state index in [1.165, 1.54) is 5.56 Å². The molecule has 0 radical (unpaired) electrons. The third-order valence-corrected chi connectivity index (χ3v) is 5.72. The summed E-state index contributed by atoms with van der Waals surface area (Å²) in [6.45, 7) is 2.83. The van der Waals surface area contributed by atoms with Crippen molar-refractivity contribution in [2.45, 2.75) is 38.3 Å². The molecule has 0 aromatic heterocycles. The minimum atomic E-state index is -0.786. The molecular weight excluding hydrogens is 357 g/mol. The molecular formula is C20H21Cl2NO2. The molecule has 132 valence electrons. The van der Waals surface area contributed by atoms with Gasteiger partial charge in [0.1, 0.15) is 6.04 Å². The number of nitrogens with zero attached hydrogens (tertiary/aromatic N) is 1. The summed E-state index contributed by atoms with van der Waals surface area (Å²) in [7, 11) is 0. The number of likely N-dealkylation sites (tertiary alicyclic amines) is 1. The van der Waals surface area contributed by atoms with Crippen LogP contribution in [-0.2, 0) is 11.2 Å². The maximum absolute atomic E-state index is 11.7. The zero-order valence-corrected chi connectivity index (χ0v) is 15.6. The molecule has 2 atom stereocenters. The molecule has 1 N–H and O–H groups in total. The number of carboxylic acids is 1. The first kappa shape index (κ1) is 18.2. The first-order chi connectivity index (χ1) is 12.0. The van der Waals surface area contributed by atoms with E-state index >= 15 is 0 Å². The van der Waals surface area contributed by atoms with Crippen LogP contribution in [0.1, 0.15) is 42.5 Å². The highest BCUT2D eigenvalue weighted by Crippen LogP contribution is 2.40. The van der Waals surface area contributed by atoms with Gasteiger partial charge < -0.3 is 5.11 Å². The van der Waals surface area contributed by atoms with Gasteiger partial charge in [-0.3, -0.25) is 9.69 Å². The largest absolute Gasteiger partial charge is 0.480 e. The van der Waals surface area contributed by atoms with Crippen LogP contribution in [0.3, 0.4) is 0 Å². The Balaban J connectivity index is 2.10. The molecule has 3 rings (SSSR count). The van der Waals surface area contributed by atoms with Gasteiger partial charge in [0, 0.05) is 6.54 Å². The van der Waals surface area contributed by atoms with Crippen LogP contribution >= 0.6 is 23.2 Å². The van der Waals surface area contributed by atoms with Crippen LogP contribution in [0.15, 0.2) is 42.5 Å². The van der Waals surface area contributed by atoms with Crippen LogP contribution in [0.25, 0.3) is 0 Å². The van der Waals surface area contributed by atoms with Crippen molar-refractivity contribution in [2.75, 3.05) is 6.54 Å². The third-order valence-electron chi connectivity index (χ3n) is 4.89. The van der Waals surface area contributed by atoms with Gasteiger partial charge >= 0.3 is 5.97 Å². The lowest BCUT2D eigenvalue weighted by atomic mass is 9.95. The number of hydrogen-bond acceptors (Lipinski definition) is 2. The molecule has 2 aromatic rings. The Hall–Kier alpha value is -1.55. The number of hydrogen-bond donors (Lipinski definition) is 1. The Morgan fingerprint density at radius 2 is 1.96 bits per heavy atom. The monoisotopic (exact) mass is 377 g/mol. The van der Waals surface area contributed by atoms with Crippen molar-refractivity contribution in [3.8, 4) is 0 Å². The van der Waals surface area contributed by atoms with Gasteiger partial charge in [0.15, 0.2) is 0 Å². The van der Waals surface area contributed by atoms with Crippen molar-refractivity contribution in [1.82, 2.24) is 4.90 Å². The summed E-state index contributed by atoms with van der Waals surface area (Å²) in [6.07, 6.45) is 2.47. The predicted octanol–water partition coefficient (Wildman–Crippen LogP) is 5.19. The number of benzene rings is 2. The maximum Gasteiger partial charge on any atom is 0.320 e. The Kier molecular flexibility index (Phi) is 5.67. The van der Waals surface area contributed by atoms with Gasteiger partial charge in [0.25, 0.3) is 0 Å². The second-order valence-corrected chi connectivity index (χ2v) is 7.16. The lowest BCUT2D eigenvalue weighted by molar-refractivity contribution is -0.142. The van der Waals surface area contributed by atoms with E-state index in [9.17, 15) is 9.90 Å². The molecule has 0 amide bonds. The van der Waals surface area contributed by atoms with E-state index in [4.69, 9.17) is 23.2 Å². The van der Waals surface area contributed by atoms with Crippen LogP contribution in [0.2, 0.25) is 10.0 Å². The van der Waals surface area contributed by atoms with Crippen LogP contribution in [-0.4, -0.2) is 28.6 Å². The number of carbonyl (C=O) groups is 1. The number of halogens is 2. The van der Waals surface area contributed by atoms with Crippen molar-refractivity contribution < 1.29 is 9.90 Å². The van der Waals surface area contributed by atoms with Crippen molar-refractivity contribution in [3.05, 3.63) is 69.2 Å². The summed E-state index contributed by atoms with van der Waals surface area (Å²) in [5.41, 5.74) is 3.14. The molecule has 2 aromatic carbocycles. The third kappa shape index (κ3) is 3.69. The molecule has 0 spiro atoms. The topological polar surface area (TPSA) is 40.5 Å².